The summed E-state index contributed by atoms with van der Waals surface area (Å²) in [6.45, 7) is 0. The number of para-hydroxylation sites is 1. The third-order valence-electron chi connectivity index (χ3n) is 4.45. The number of methoxy groups -OCH3 is 1. The Hall–Kier alpha value is -2.98. The molecule has 134 valence electrons. The zero-order valence-electron chi connectivity index (χ0n) is 14.9. The van der Waals surface area contributed by atoms with E-state index in [9.17, 15) is 4.79 Å². The number of fused-ring (bicyclic) bond motifs is 1. The molecule has 4 rings (SSSR count). The molecule has 0 saturated carbocycles. The Morgan fingerprint density at radius 2 is 1.70 bits per heavy atom. The SMILES string of the molecule is COc1cccc(-c2cc(=O)c3ccccc3[nH]2)c1SCc1ccccc1. The van der Waals surface area contributed by atoms with Gasteiger partial charge in [-0.2, -0.15) is 0 Å². The van der Waals surface area contributed by atoms with Gasteiger partial charge in [-0.1, -0.05) is 54.6 Å². The van der Waals surface area contributed by atoms with E-state index in [0.29, 0.717) is 5.39 Å². The lowest BCUT2D eigenvalue weighted by molar-refractivity contribution is 0.405. The Balaban J connectivity index is 1.80. The normalized spacial score (nSPS) is 10.9. The van der Waals surface area contributed by atoms with E-state index in [1.165, 1.54) is 5.56 Å². The summed E-state index contributed by atoms with van der Waals surface area (Å²) in [4.78, 5) is 17.0. The summed E-state index contributed by atoms with van der Waals surface area (Å²) in [5.74, 6) is 1.63. The largest absolute Gasteiger partial charge is 0.496 e. The van der Waals surface area contributed by atoms with Gasteiger partial charge in [0, 0.05) is 28.3 Å². The summed E-state index contributed by atoms with van der Waals surface area (Å²) < 4.78 is 5.60. The maximum atomic E-state index is 12.6. The number of aromatic amines is 1. The van der Waals surface area contributed by atoms with E-state index in [4.69, 9.17) is 4.74 Å². The highest BCUT2D eigenvalue weighted by molar-refractivity contribution is 7.98. The maximum absolute atomic E-state index is 12.6. The molecule has 0 fully saturated rings. The van der Waals surface area contributed by atoms with Crippen LogP contribution >= 0.6 is 11.8 Å². The molecule has 3 aromatic carbocycles. The van der Waals surface area contributed by atoms with E-state index in [0.717, 1.165) is 33.2 Å². The number of thioether (sulfide) groups is 1. The number of nitrogens with one attached hydrogen (secondary N) is 1. The van der Waals surface area contributed by atoms with Gasteiger partial charge in [-0.3, -0.25) is 4.79 Å². The zero-order chi connectivity index (χ0) is 18.6. The summed E-state index contributed by atoms with van der Waals surface area (Å²) in [6, 6.07) is 25.5. The van der Waals surface area contributed by atoms with Crippen LogP contribution in [0.3, 0.4) is 0 Å². The van der Waals surface area contributed by atoms with Crippen molar-refractivity contribution in [1.82, 2.24) is 4.98 Å². The minimum atomic E-state index is 0.0150. The van der Waals surface area contributed by atoms with Crippen LogP contribution in [0.1, 0.15) is 5.56 Å². The summed E-state index contributed by atoms with van der Waals surface area (Å²) in [6.07, 6.45) is 0. The monoisotopic (exact) mass is 373 g/mol. The van der Waals surface area contributed by atoms with Crippen LogP contribution in [0, 0.1) is 0 Å². The standard InChI is InChI=1S/C23H19NO2S/c1-26-22-13-7-11-18(23(22)27-15-16-8-3-2-4-9-16)20-14-21(25)17-10-5-6-12-19(17)24-20/h2-14H,15H2,1H3,(H,24,25). The highest BCUT2D eigenvalue weighted by atomic mass is 32.2. The summed E-state index contributed by atoms with van der Waals surface area (Å²) >= 11 is 1.71. The first-order valence-electron chi connectivity index (χ1n) is 8.72. The van der Waals surface area contributed by atoms with E-state index in [1.807, 2.05) is 60.7 Å². The van der Waals surface area contributed by atoms with Gasteiger partial charge in [-0.25, -0.2) is 0 Å². The topological polar surface area (TPSA) is 42.1 Å². The van der Waals surface area contributed by atoms with Crippen molar-refractivity contribution in [2.75, 3.05) is 7.11 Å². The molecule has 0 spiro atoms. The van der Waals surface area contributed by atoms with E-state index in [2.05, 4.69) is 17.1 Å². The number of ether oxygens (including phenoxy) is 1. The van der Waals surface area contributed by atoms with Gasteiger partial charge in [0.25, 0.3) is 0 Å². The summed E-state index contributed by atoms with van der Waals surface area (Å²) in [5, 5.41) is 0.697. The van der Waals surface area contributed by atoms with Crippen LogP contribution in [-0.2, 0) is 5.75 Å². The van der Waals surface area contributed by atoms with Crippen LogP contribution in [0.5, 0.6) is 5.75 Å². The molecule has 0 radical (unpaired) electrons. The number of benzene rings is 3. The first-order chi connectivity index (χ1) is 13.3. The predicted molar refractivity (Wildman–Crippen MR) is 113 cm³/mol. The van der Waals surface area contributed by atoms with Gasteiger partial charge in [0.2, 0.25) is 0 Å². The van der Waals surface area contributed by atoms with Crippen LogP contribution in [0.2, 0.25) is 0 Å². The molecule has 0 amide bonds. The number of pyridine rings is 1. The minimum absolute atomic E-state index is 0.0150. The number of H-pyrrole nitrogens is 1. The summed E-state index contributed by atoms with van der Waals surface area (Å²) in [5.41, 5.74) is 3.86. The van der Waals surface area contributed by atoms with Gasteiger partial charge >= 0.3 is 0 Å². The average molecular weight is 373 g/mol. The van der Waals surface area contributed by atoms with Crippen molar-refractivity contribution in [3.8, 4) is 17.0 Å². The lowest BCUT2D eigenvalue weighted by Gasteiger charge is -2.14. The minimum Gasteiger partial charge on any atom is -0.496 e. The van der Waals surface area contributed by atoms with Crippen molar-refractivity contribution in [2.24, 2.45) is 0 Å². The van der Waals surface area contributed by atoms with Crippen molar-refractivity contribution < 1.29 is 4.74 Å². The molecule has 0 unspecified atom stereocenters. The van der Waals surface area contributed by atoms with Crippen molar-refractivity contribution in [2.45, 2.75) is 10.6 Å². The molecule has 0 aliphatic heterocycles. The molecule has 4 aromatic rings. The number of rotatable bonds is 5. The molecule has 0 aliphatic rings. The second kappa shape index (κ2) is 7.72. The van der Waals surface area contributed by atoms with Gasteiger partial charge in [0.05, 0.1) is 17.7 Å². The maximum Gasteiger partial charge on any atom is 0.190 e. The first kappa shape index (κ1) is 17.4. The van der Waals surface area contributed by atoms with Crippen LogP contribution in [0.4, 0.5) is 0 Å². The van der Waals surface area contributed by atoms with Gasteiger partial charge in [0.15, 0.2) is 5.43 Å². The Kier molecular flexibility index (Phi) is 4.99. The van der Waals surface area contributed by atoms with Gasteiger partial charge in [-0.05, 0) is 23.8 Å². The highest BCUT2D eigenvalue weighted by Crippen LogP contribution is 2.39. The van der Waals surface area contributed by atoms with Crippen molar-refractivity contribution >= 4 is 22.7 Å². The molecule has 0 saturated heterocycles. The molecule has 0 aliphatic carbocycles. The number of hydrogen-bond donors (Lipinski definition) is 1. The average Bonchev–Trinajstić information content (AvgIpc) is 2.72. The van der Waals surface area contributed by atoms with Crippen LogP contribution in [0.15, 0.2) is 88.6 Å². The fraction of sp³-hybridized carbons (Fsp3) is 0.0870. The van der Waals surface area contributed by atoms with Gasteiger partial charge in [0.1, 0.15) is 5.75 Å². The molecule has 1 heterocycles. The molecule has 3 nitrogen and oxygen atoms in total. The summed E-state index contributed by atoms with van der Waals surface area (Å²) in [7, 11) is 1.68. The fourth-order valence-electron chi connectivity index (χ4n) is 3.11. The number of hydrogen-bond acceptors (Lipinski definition) is 3. The third kappa shape index (κ3) is 3.62. The molecule has 27 heavy (non-hydrogen) atoms. The predicted octanol–water partition coefficient (Wildman–Crippen LogP) is 5.50. The smallest absolute Gasteiger partial charge is 0.190 e. The number of aromatic nitrogens is 1. The van der Waals surface area contributed by atoms with Gasteiger partial charge < -0.3 is 9.72 Å². The Morgan fingerprint density at radius 1 is 0.926 bits per heavy atom. The molecule has 4 heteroatoms. The lowest BCUT2D eigenvalue weighted by Crippen LogP contribution is -2.03. The quantitative estimate of drug-likeness (QED) is 0.470. The van der Waals surface area contributed by atoms with Crippen LogP contribution in [-0.4, -0.2) is 12.1 Å². The molecule has 1 aromatic heterocycles. The van der Waals surface area contributed by atoms with Gasteiger partial charge in [-0.15, -0.1) is 11.8 Å². The second-order valence-electron chi connectivity index (χ2n) is 6.20. The zero-order valence-corrected chi connectivity index (χ0v) is 15.8. The Labute approximate surface area is 162 Å². The van der Waals surface area contributed by atoms with Crippen molar-refractivity contribution in [3.05, 3.63) is 94.6 Å². The Morgan fingerprint density at radius 3 is 2.52 bits per heavy atom. The molecule has 0 bridgehead atoms. The van der Waals surface area contributed by atoms with Crippen LogP contribution in [0.25, 0.3) is 22.2 Å². The molecule has 0 atom stereocenters. The van der Waals surface area contributed by atoms with Crippen molar-refractivity contribution in [3.63, 3.8) is 0 Å². The molecular formula is C23H19NO2S. The molecule has 1 N–H and O–H groups in total. The van der Waals surface area contributed by atoms with E-state index >= 15 is 0 Å². The first-order valence-corrected chi connectivity index (χ1v) is 9.71. The third-order valence-corrected chi connectivity index (χ3v) is 5.64. The van der Waals surface area contributed by atoms with Crippen molar-refractivity contribution in [1.29, 1.82) is 0 Å². The molecular weight excluding hydrogens is 354 g/mol. The highest BCUT2D eigenvalue weighted by Gasteiger charge is 2.14. The second-order valence-corrected chi connectivity index (χ2v) is 7.19. The van der Waals surface area contributed by atoms with E-state index < -0.39 is 0 Å². The van der Waals surface area contributed by atoms with E-state index in [-0.39, 0.29) is 5.43 Å². The Bertz CT molecular complexity index is 1140. The van der Waals surface area contributed by atoms with Crippen LogP contribution < -0.4 is 10.2 Å². The fourth-order valence-corrected chi connectivity index (χ4v) is 4.24. The lowest BCUT2D eigenvalue weighted by atomic mass is 10.1. The van der Waals surface area contributed by atoms with E-state index in [1.54, 1.807) is 24.9 Å².